The zero-order valence-corrected chi connectivity index (χ0v) is 8.29. The fraction of sp³-hybridized carbons (Fsp3) is 0. The van der Waals surface area contributed by atoms with Crippen molar-refractivity contribution in [3.05, 3.63) is 53.1 Å². The summed E-state index contributed by atoms with van der Waals surface area (Å²) in [5.41, 5.74) is 1.92. The number of nitrogens with one attached hydrogen (secondary N) is 1. The highest BCUT2D eigenvalue weighted by Crippen LogP contribution is 2.14. The Balaban J connectivity index is 2.30. The van der Waals surface area contributed by atoms with Gasteiger partial charge in [0.05, 0.1) is 18.1 Å². The first-order valence-corrected chi connectivity index (χ1v) is 4.83. The molecule has 5 nitrogen and oxygen atoms in total. The van der Waals surface area contributed by atoms with E-state index in [9.17, 15) is 4.79 Å². The van der Waals surface area contributed by atoms with Crippen molar-refractivity contribution in [1.82, 2.24) is 19.8 Å². The Bertz CT molecular complexity index is 684. The zero-order chi connectivity index (χ0) is 11.0. The molecule has 2 aromatic heterocycles. The SMILES string of the molecule is O=c1[nH]c(-c2ccccc2)cn2nncc12. The standard InChI is InChI=1S/C11H8N4O/c16-11-10-6-12-14-15(10)7-9(13-11)8-4-2-1-3-5-8/h1-7H,(H,13,16). The monoisotopic (exact) mass is 212 g/mol. The van der Waals surface area contributed by atoms with E-state index in [1.54, 1.807) is 6.20 Å². The quantitative estimate of drug-likeness (QED) is 0.656. The van der Waals surface area contributed by atoms with Crippen molar-refractivity contribution in [3.63, 3.8) is 0 Å². The van der Waals surface area contributed by atoms with Crippen LogP contribution in [0.15, 0.2) is 47.5 Å². The first-order chi connectivity index (χ1) is 7.84. The average molecular weight is 212 g/mol. The van der Waals surface area contributed by atoms with Crippen molar-refractivity contribution in [1.29, 1.82) is 0 Å². The molecule has 0 spiro atoms. The van der Waals surface area contributed by atoms with Crippen LogP contribution in [0.25, 0.3) is 16.8 Å². The fourth-order valence-electron chi connectivity index (χ4n) is 1.61. The fourth-order valence-corrected chi connectivity index (χ4v) is 1.61. The van der Waals surface area contributed by atoms with Crippen LogP contribution in [0.3, 0.4) is 0 Å². The van der Waals surface area contributed by atoms with Crippen molar-refractivity contribution < 1.29 is 0 Å². The number of hydrogen-bond acceptors (Lipinski definition) is 3. The molecule has 0 saturated heterocycles. The van der Waals surface area contributed by atoms with E-state index in [0.29, 0.717) is 5.52 Å². The number of hydrogen-bond donors (Lipinski definition) is 1. The van der Waals surface area contributed by atoms with Gasteiger partial charge in [-0.1, -0.05) is 35.5 Å². The van der Waals surface area contributed by atoms with E-state index < -0.39 is 0 Å². The molecule has 0 aliphatic carbocycles. The number of H-pyrrole nitrogens is 1. The van der Waals surface area contributed by atoms with Crippen molar-refractivity contribution in [3.8, 4) is 11.3 Å². The van der Waals surface area contributed by atoms with Crippen LogP contribution in [0.1, 0.15) is 0 Å². The van der Waals surface area contributed by atoms with E-state index in [2.05, 4.69) is 15.3 Å². The summed E-state index contributed by atoms with van der Waals surface area (Å²) in [4.78, 5) is 14.5. The molecular weight excluding hydrogens is 204 g/mol. The number of fused-ring (bicyclic) bond motifs is 1. The summed E-state index contributed by atoms with van der Waals surface area (Å²) in [6, 6.07) is 9.61. The smallest absolute Gasteiger partial charge is 0.276 e. The van der Waals surface area contributed by atoms with E-state index in [0.717, 1.165) is 11.3 Å². The van der Waals surface area contributed by atoms with Gasteiger partial charge in [0.25, 0.3) is 5.56 Å². The summed E-state index contributed by atoms with van der Waals surface area (Å²) in [7, 11) is 0. The van der Waals surface area contributed by atoms with Gasteiger partial charge in [-0.2, -0.15) is 0 Å². The second kappa shape index (κ2) is 3.30. The molecule has 3 aromatic rings. The van der Waals surface area contributed by atoms with Gasteiger partial charge in [0.2, 0.25) is 0 Å². The van der Waals surface area contributed by atoms with Crippen LogP contribution >= 0.6 is 0 Å². The lowest BCUT2D eigenvalue weighted by Gasteiger charge is -2.01. The predicted octanol–water partition coefficient (Wildman–Crippen LogP) is 1.08. The maximum atomic E-state index is 11.7. The Hall–Kier alpha value is -2.43. The minimum absolute atomic E-state index is 0.189. The highest BCUT2D eigenvalue weighted by molar-refractivity contribution is 5.59. The summed E-state index contributed by atoms with van der Waals surface area (Å²) in [6.07, 6.45) is 3.19. The van der Waals surface area contributed by atoms with Gasteiger partial charge in [-0.25, -0.2) is 4.52 Å². The molecule has 3 rings (SSSR count). The van der Waals surface area contributed by atoms with Crippen LogP contribution in [0.4, 0.5) is 0 Å². The minimum atomic E-state index is -0.189. The zero-order valence-electron chi connectivity index (χ0n) is 8.29. The Morgan fingerprint density at radius 3 is 2.81 bits per heavy atom. The summed E-state index contributed by atoms with van der Waals surface area (Å²) in [5.74, 6) is 0. The van der Waals surface area contributed by atoms with Crippen LogP contribution in [0.2, 0.25) is 0 Å². The van der Waals surface area contributed by atoms with Crippen molar-refractivity contribution in [2.24, 2.45) is 0 Å². The molecule has 0 bridgehead atoms. The molecule has 0 aliphatic heterocycles. The van der Waals surface area contributed by atoms with Crippen molar-refractivity contribution >= 4 is 5.52 Å². The van der Waals surface area contributed by atoms with E-state index in [1.807, 2.05) is 30.3 Å². The maximum absolute atomic E-state index is 11.7. The molecule has 1 aromatic carbocycles. The number of aromatic nitrogens is 4. The number of aromatic amines is 1. The van der Waals surface area contributed by atoms with Crippen LogP contribution in [0.5, 0.6) is 0 Å². The van der Waals surface area contributed by atoms with Gasteiger partial charge < -0.3 is 4.98 Å². The van der Waals surface area contributed by atoms with Crippen molar-refractivity contribution in [2.75, 3.05) is 0 Å². The van der Waals surface area contributed by atoms with Gasteiger partial charge in [-0.15, -0.1) is 5.10 Å². The second-order valence-corrected chi connectivity index (χ2v) is 3.43. The highest BCUT2D eigenvalue weighted by Gasteiger charge is 2.04. The van der Waals surface area contributed by atoms with E-state index in [4.69, 9.17) is 0 Å². The van der Waals surface area contributed by atoms with Gasteiger partial charge in [0, 0.05) is 0 Å². The third-order valence-corrected chi connectivity index (χ3v) is 2.39. The molecule has 0 radical (unpaired) electrons. The Labute approximate surface area is 90.4 Å². The lowest BCUT2D eigenvalue weighted by Crippen LogP contribution is -2.10. The van der Waals surface area contributed by atoms with E-state index in [1.165, 1.54) is 10.7 Å². The molecule has 5 heteroatoms. The maximum Gasteiger partial charge on any atom is 0.276 e. The first kappa shape index (κ1) is 8.84. The van der Waals surface area contributed by atoms with Gasteiger partial charge in [0.1, 0.15) is 0 Å². The molecule has 0 amide bonds. The summed E-state index contributed by atoms with van der Waals surface area (Å²) < 4.78 is 1.47. The topological polar surface area (TPSA) is 63.0 Å². The summed E-state index contributed by atoms with van der Waals surface area (Å²) in [5, 5.41) is 7.50. The molecule has 16 heavy (non-hydrogen) atoms. The van der Waals surface area contributed by atoms with Gasteiger partial charge in [-0.05, 0) is 5.56 Å². The normalized spacial score (nSPS) is 10.8. The highest BCUT2D eigenvalue weighted by atomic mass is 16.1. The summed E-state index contributed by atoms with van der Waals surface area (Å²) in [6.45, 7) is 0. The van der Waals surface area contributed by atoms with Crippen molar-refractivity contribution in [2.45, 2.75) is 0 Å². The molecule has 0 fully saturated rings. The van der Waals surface area contributed by atoms with Gasteiger partial charge in [-0.3, -0.25) is 4.79 Å². The van der Waals surface area contributed by atoms with Crippen LogP contribution in [-0.4, -0.2) is 19.8 Å². The van der Waals surface area contributed by atoms with E-state index >= 15 is 0 Å². The minimum Gasteiger partial charge on any atom is -0.319 e. The number of rotatable bonds is 1. The van der Waals surface area contributed by atoms with Gasteiger partial charge in [0.15, 0.2) is 5.52 Å². The average Bonchev–Trinajstić information content (AvgIpc) is 2.79. The molecule has 0 aliphatic rings. The molecule has 0 unspecified atom stereocenters. The number of nitrogens with zero attached hydrogens (tertiary/aromatic N) is 3. The Morgan fingerprint density at radius 2 is 2.00 bits per heavy atom. The largest absolute Gasteiger partial charge is 0.319 e. The van der Waals surface area contributed by atoms with Crippen LogP contribution < -0.4 is 5.56 Å². The second-order valence-electron chi connectivity index (χ2n) is 3.43. The third-order valence-electron chi connectivity index (χ3n) is 2.39. The lowest BCUT2D eigenvalue weighted by atomic mass is 10.2. The lowest BCUT2D eigenvalue weighted by molar-refractivity contribution is 0.847. The number of benzene rings is 1. The Morgan fingerprint density at radius 1 is 1.19 bits per heavy atom. The molecule has 0 atom stereocenters. The van der Waals surface area contributed by atoms with Crippen LogP contribution in [-0.2, 0) is 0 Å². The molecule has 2 heterocycles. The Kier molecular flexibility index (Phi) is 1.83. The molecule has 1 N–H and O–H groups in total. The first-order valence-electron chi connectivity index (χ1n) is 4.83. The predicted molar refractivity (Wildman–Crippen MR) is 59.0 cm³/mol. The van der Waals surface area contributed by atoms with E-state index in [-0.39, 0.29) is 5.56 Å². The third kappa shape index (κ3) is 1.30. The molecule has 78 valence electrons. The van der Waals surface area contributed by atoms with Gasteiger partial charge >= 0.3 is 0 Å². The summed E-state index contributed by atoms with van der Waals surface area (Å²) >= 11 is 0. The molecular formula is C11H8N4O. The van der Waals surface area contributed by atoms with Crippen LogP contribution in [0, 0.1) is 0 Å². The molecule has 0 saturated carbocycles.